The summed E-state index contributed by atoms with van der Waals surface area (Å²) in [5.74, 6) is 0.875. The second-order valence-electron chi connectivity index (χ2n) is 2.40. The number of allylic oxidation sites excluding steroid dienone is 1. The van der Waals surface area contributed by atoms with Crippen LogP contribution in [-0.4, -0.2) is 12.9 Å². The molecular weight excluding hydrogens is 130 g/mol. The zero-order valence-corrected chi connectivity index (χ0v) is 5.54. The third kappa shape index (κ3) is 0.789. The predicted octanol–water partition coefficient (Wildman–Crippen LogP) is 0.490. The normalized spacial score (nSPS) is 30.2. The number of hydrogen-bond donors (Lipinski definition) is 1. The van der Waals surface area contributed by atoms with Crippen LogP contribution < -0.4 is 5.73 Å². The highest BCUT2D eigenvalue weighted by molar-refractivity contribution is 5.26. The lowest BCUT2D eigenvalue weighted by molar-refractivity contribution is 0.0509. The summed E-state index contributed by atoms with van der Waals surface area (Å²) in [6.07, 6.45) is 4.74. The lowest BCUT2D eigenvalue weighted by atomic mass is 10.1. The second kappa shape index (κ2) is 2.02. The first-order chi connectivity index (χ1) is 4.86. The van der Waals surface area contributed by atoms with Crippen LogP contribution in [0.3, 0.4) is 0 Å². The highest BCUT2D eigenvalue weighted by Crippen LogP contribution is 2.24. The average Bonchev–Trinajstić information content (AvgIpc) is 2.33. The van der Waals surface area contributed by atoms with E-state index in [2.05, 4.69) is 0 Å². The maximum absolute atomic E-state index is 5.54. The van der Waals surface area contributed by atoms with E-state index >= 15 is 0 Å². The Morgan fingerprint density at radius 1 is 1.60 bits per heavy atom. The molecule has 0 spiro atoms. The zero-order chi connectivity index (χ0) is 6.97. The minimum atomic E-state index is 0.132. The molecule has 2 aliphatic rings. The van der Waals surface area contributed by atoms with Crippen LogP contribution in [-0.2, 0) is 9.47 Å². The van der Waals surface area contributed by atoms with Crippen molar-refractivity contribution in [3.63, 3.8) is 0 Å². The van der Waals surface area contributed by atoms with Crippen molar-refractivity contribution in [3.8, 4) is 0 Å². The highest BCUT2D eigenvalue weighted by atomic mass is 16.7. The van der Waals surface area contributed by atoms with Crippen LogP contribution in [0.2, 0.25) is 0 Å². The Balaban J connectivity index is 2.24. The largest absolute Gasteiger partial charge is 0.469 e. The van der Waals surface area contributed by atoms with Crippen LogP contribution in [0.25, 0.3) is 0 Å². The second-order valence-corrected chi connectivity index (χ2v) is 2.40. The number of nitrogens with two attached hydrogens (primary N) is 1. The molecule has 1 fully saturated rings. The van der Waals surface area contributed by atoms with E-state index < -0.39 is 0 Å². The Bertz CT molecular complexity index is 208. The molecular formula is C7H9NO2. The number of fused-ring (bicyclic) bond motifs is 1. The van der Waals surface area contributed by atoms with Crippen LogP contribution >= 0.6 is 0 Å². The average molecular weight is 139 g/mol. The Morgan fingerprint density at radius 3 is 3.40 bits per heavy atom. The van der Waals surface area contributed by atoms with Gasteiger partial charge < -0.3 is 15.2 Å². The summed E-state index contributed by atoms with van der Waals surface area (Å²) in [7, 11) is 0. The minimum absolute atomic E-state index is 0.132. The van der Waals surface area contributed by atoms with Crippen molar-refractivity contribution in [2.24, 2.45) is 5.73 Å². The van der Waals surface area contributed by atoms with Gasteiger partial charge in [0, 0.05) is 18.2 Å². The first-order valence-corrected chi connectivity index (χ1v) is 3.28. The third-order valence-electron chi connectivity index (χ3n) is 1.69. The molecule has 2 rings (SSSR count). The van der Waals surface area contributed by atoms with E-state index in [4.69, 9.17) is 15.2 Å². The minimum Gasteiger partial charge on any atom is -0.469 e. The molecule has 54 valence electrons. The molecule has 0 aromatic rings. The molecule has 0 aromatic heterocycles. The molecule has 2 N–H and O–H groups in total. The van der Waals surface area contributed by atoms with E-state index in [1.807, 2.05) is 12.2 Å². The molecule has 0 radical (unpaired) electrons. The Kier molecular flexibility index (Phi) is 1.17. The lowest BCUT2D eigenvalue weighted by Crippen LogP contribution is -2.12. The molecule has 3 heteroatoms. The maximum atomic E-state index is 5.54. The summed E-state index contributed by atoms with van der Waals surface area (Å²) in [5, 5.41) is 0. The zero-order valence-electron chi connectivity index (χ0n) is 5.54. The lowest BCUT2D eigenvalue weighted by Gasteiger charge is -2.10. The van der Waals surface area contributed by atoms with Crippen molar-refractivity contribution in [2.75, 3.05) is 6.79 Å². The van der Waals surface area contributed by atoms with E-state index in [1.54, 1.807) is 0 Å². The fourth-order valence-corrected chi connectivity index (χ4v) is 1.14. The van der Waals surface area contributed by atoms with Gasteiger partial charge >= 0.3 is 0 Å². The molecule has 1 unspecified atom stereocenters. The van der Waals surface area contributed by atoms with Crippen LogP contribution in [0, 0.1) is 0 Å². The third-order valence-corrected chi connectivity index (χ3v) is 1.69. The SMILES string of the molecule is NC1=CCC2OCOC2=C1. The summed E-state index contributed by atoms with van der Waals surface area (Å²) in [6, 6.07) is 0. The molecule has 0 saturated carbocycles. The quantitative estimate of drug-likeness (QED) is 0.531. The van der Waals surface area contributed by atoms with E-state index in [0.29, 0.717) is 6.79 Å². The first-order valence-electron chi connectivity index (χ1n) is 3.28. The van der Waals surface area contributed by atoms with Crippen LogP contribution in [0.15, 0.2) is 23.6 Å². The van der Waals surface area contributed by atoms with E-state index in [-0.39, 0.29) is 6.10 Å². The van der Waals surface area contributed by atoms with Crippen molar-refractivity contribution in [2.45, 2.75) is 12.5 Å². The van der Waals surface area contributed by atoms with Crippen molar-refractivity contribution >= 4 is 0 Å². The fraction of sp³-hybridized carbons (Fsp3) is 0.429. The topological polar surface area (TPSA) is 44.5 Å². The summed E-state index contributed by atoms with van der Waals surface area (Å²) >= 11 is 0. The van der Waals surface area contributed by atoms with Gasteiger partial charge in [-0.1, -0.05) is 6.08 Å². The van der Waals surface area contributed by atoms with Gasteiger partial charge in [-0.05, 0) is 0 Å². The van der Waals surface area contributed by atoms with Gasteiger partial charge in [-0.25, -0.2) is 0 Å². The molecule has 1 aliphatic heterocycles. The van der Waals surface area contributed by atoms with Gasteiger partial charge in [-0.3, -0.25) is 0 Å². The monoisotopic (exact) mass is 139 g/mol. The molecule has 0 bridgehead atoms. The molecule has 1 saturated heterocycles. The van der Waals surface area contributed by atoms with Gasteiger partial charge in [0.05, 0.1) is 0 Å². The van der Waals surface area contributed by atoms with Gasteiger partial charge in [0.25, 0.3) is 0 Å². The maximum Gasteiger partial charge on any atom is 0.189 e. The summed E-state index contributed by atoms with van der Waals surface area (Å²) < 4.78 is 10.4. The van der Waals surface area contributed by atoms with Gasteiger partial charge in [0.15, 0.2) is 6.79 Å². The van der Waals surface area contributed by atoms with E-state index in [1.165, 1.54) is 0 Å². The standard InChI is InChI=1S/C7H9NO2/c8-5-1-2-6-7(3-5)10-4-9-6/h1,3,6H,2,4,8H2. The molecule has 3 nitrogen and oxygen atoms in total. The number of rotatable bonds is 0. The fourth-order valence-electron chi connectivity index (χ4n) is 1.14. The Labute approximate surface area is 59.1 Å². The molecule has 0 aromatic carbocycles. The van der Waals surface area contributed by atoms with E-state index in [9.17, 15) is 0 Å². The van der Waals surface area contributed by atoms with E-state index in [0.717, 1.165) is 17.9 Å². The number of ether oxygens (including phenoxy) is 2. The molecule has 0 amide bonds. The Morgan fingerprint density at radius 2 is 2.50 bits per heavy atom. The van der Waals surface area contributed by atoms with Gasteiger partial charge in [-0.15, -0.1) is 0 Å². The van der Waals surface area contributed by atoms with Gasteiger partial charge in [-0.2, -0.15) is 0 Å². The van der Waals surface area contributed by atoms with Crippen molar-refractivity contribution in [3.05, 3.63) is 23.6 Å². The molecule has 1 aliphatic carbocycles. The van der Waals surface area contributed by atoms with Crippen LogP contribution in [0.1, 0.15) is 6.42 Å². The van der Waals surface area contributed by atoms with Crippen LogP contribution in [0.5, 0.6) is 0 Å². The summed E-state index contributed by atoms with van der Waals surface area (Å²) in [4.78, 5) is 0. The first kappa shape index (κ1) is 5.80. The Hall–Kier alpha value is -0.960. The molecule has 10 heavy (non-hydrogen) atoms. The van der Waals surface area contributed by atoms with Crippen molar-refractivity contribution < 1.29 is 9.47 Å². The molecule has 1 heterocycles. The summed E-state index contributed by atoms with van der Waals surface area (Å²) in [5.41, 5.74) is 6.31. The molecule has 1 atom stereocenters. The smallest absolute Gasteiger partial charge is 0.189 e. The van der Waals surface area contributed by atoms with Gasteiger partial charge in [0.1, 0.15) is 11.9 Å². The van der Waals surface area contributed by atoms with Gasteiger partial charge in [0.2, 0.25) is 0 Å². The van der Waals surface area contributed by atoms with Crippen LogP contribution in [0.4, 0.5) is 0 Å². The number of hydrogen-bond acceptors (Lipinski definition) is 3. The highest BCUT2D eigenvalue weighted by Gasteiger charge is 2.24. The van der Waals surface area contributed by atoms with Crippen molar-refractivity contribution in [1.82, 2.24) is 0 Å². The summed E-state index contributed by atoms with van der Waals surface area (Å²) in [6.45, 7) is 0.373. The predicted molar refractivity (Wildman–Crippen MR) is 35.8 cm³/mol. The van der Waals surface area contributed by atoms with Crippen molar-refractivity contribution in [1.29, 1.82) is 0 Å².